The molecule has 0 spiro atoms. The molecular weight excluding hydrogens is 496 g/mol. The molecule has 0 unspecified atom stereocenters. The summed E-state index contributed by atoms with van der Waals surface area (Å²) in [6, 6.07) is 23.5. The van der Waals surface area contributed by atoms with Crippen LogP contribution in [0.15, 0.2) is 91.0 Å². The molecule has 5 rings (SSSR count). The van der Waals surface area contributed by atoms with E-state index >= 15 is 0 Å². The SMILES string of the molecule is O=c1cc(COc2ccc3cc(Br)ccc3c2)c2c(ccc3cc(Br)ccc32)o1. The Kier molecular flexibility index (Phi) is 4.64. The van der Waals surface area contributed by atoms with Crippen LogP contribution in [0.5, 0.6) is 5.75 Å². The van der Waals surface area contributed by atoms with Gasteiger partial charge < -0.3 is 9.15 Å². The van der Waals surface area contributed by atoms with E-state index in [0.29, 0.717) is 5.58 Å². The average molecular weight is 510 g/mol. The van der Waals surface area contributed by atoms with Crippen molar-refractivity contribution in [3.8, 4) is 5.75 Å². The van der Waals surface area contributed by atoms with Gasteiger partial charge in [-0.15, -0.1) is 0 Å². The first-order valence-electron chi connectivity index (χ1n) is 9.04. The van der Waals surface area contributed by atoms with Gasteiger partial charge in [0, 0.05) is 26.0 Å². The first-order chi connectivity index (χ1) is 14.1. The highest BCUT2D eigenvalue weighted by Gasteiger charge is 2.11. The van der Waals surface area contributed by atoms with Crippen molar-refractivity contribution in [2.24, 2.45) is 0 Å². The van der Waals surface area contributed by atoms with Crippen LogP contribution in [-0.2, 0) is 6.61 Å². The summed E-state index contributed by atoms with van der Waals surface area (Å²) in [5.74, 6) is 0.754. The molecule has 0 aliphatic heterocycles. The van der Waals surface area contributed by atoms with E-state index in [1.165, 1.54) is 6.07 Å². The van der Waals surface area contributed by atoms with Crippen molar-refractivity contribution < 1.29 is 9.15 Å². The van der Waals surface area contributed by atoms with Gasteiger partial charge in [-0.3, -0.25) is 0 Å². The topological polar surface area (TPSA) is 39.4 Å². The van der Waals surface area contributed by atoms with Crippen LogP contribution >= 0.6 is 31.9 Å². The smallest absolute Gasteiger partial charge is 0.336 e. The quantitative estimate of drug-likeness (QED) is 0.190. The van der Waals surface area contributed by atoms with Crippen LogP contribution in [0, 0.1) is 0 Å². The second kappa shape index (κ2) is 7.32. The minimum atomic E-state index is -0.379. The molecule has 5 heteroatoms. The number of rotatable bonds is 3. The van der Waals surface area contributed by atoms with Crippen LogP contribution in [-0.4, -0.2) is 0 Å². The lowest BCUT2D eigenvalue weighted by Gasteiger charge is -2.11. The van der Waals surface area contributed by atoms with Crippen molar-refractivity contribution in [3.05, 3.63) is 97.7 Å². The molecule has 1 aromatic heterocycles. The maximum absolute atomic E-state index is 12.1. The Morgan fingerprint density at radius 1 is 0.759 bits per heavy atom. The lowest BCUT2D eigenvalue weighted by atomic mass is 10.0. The number of halogens is 2. The van der Waals surface area contributed by atoms with Crippen LogP contribution in [0.3, 0.4) is 0 Å². The molecule has 0 aliphatic carbocycles. The molecule has 142 valence electrons. The van der Waals surface area contributed by atoms with Crippen molar-refractivity contribution in [3.63, 3.8) is 0 Å². The summed E-state index contributed by atoms with van der Waals surface area (Å²) in [6.07, 6.45) is 0. The molecule has 1 heterocycles. The minimum absolute atomic E-state index is 0.277. The third-order valence-electron chi connectivity index (χ3n) is 4.94. The number of fused-ring (bicyclic) bond motifs is 4. The maximum Gasteiger partial charge on any atom is 0.336 e. The van der Waals surface area contributed by atoms with Gasteiger partial charge in [-0.25, -0.2) is 4.79 Å². The summed E-state index contributed by atoms with van der Waals surface area (Å²) in [4.78, 5) is 12.1. The summed E-state index contributed by atoms with van der Waals surface area (Å²) < 4.78 is 13.5. The number of hydrogen-bond acceptors (Lipinski definition) is 3. The standard InChI is InChI=1S/C24H14Br2O3/c25-18-4-1-15-11-20(6-2-14(15)9-18)28-13-17-12-23(27)29-22-8-3-16-10-19(26)5-7-21(16)24(17)22/h1-12H,13H2. The Morgan fingerprint density at radius 2 is 1.45 bits per heavy atom. The van der Waals surface area contributed by atoms with Crippen LogP contribution in [0.25, 0.3) is 32.5 Å². The lowest BCUT2D eigenvalue weighted by molar-refractivity contribution is 0.307. The maximum atomic E-state index is 12.1. The molecule has 5 aromatic rings. The van der Waals surface area contributed by atoms with E-state index < -0.39 is 0 Å². The van der Waals surface area contributed by atoms with Gasteiger partial charge >= 0.3 is 5.63 Å². The minimum Gasteiger partial charge on any atom is -0.489 e. The average Bonchev–Trinajstić information content (AvgIpc) is 2.71. The van der Waals surface area contributed by atoms with Gasteiger partial charge in [0.1, 0.15) is 17.9 Å². The van der Waals surface area contributed by atoms with E-state index in [2.05, 4.69) is 37.9 Å². The van der Waals surface area contributed by atoms with Crippen molar-refractivity contribution in [1.82, 2.24) is 0 Å². The van der Waals surface area contributed by atoms with Gasteiger partial charge in [0.05, 0.1) is 0 Å². The van der Waals surface area contributed by atoms with E-state index in [9.17, 15) is 4.79 Å². The molecule has 0 atom stereocenters. The van der Waals surface area contributed by atoms with Crippen LogP contribution in [0.4, 0.5) is 0 Å². The molecule has 0 N–H and O–H groups in total. The van der Waals surface area contributed by atoms with Crippen LogP contribution in [0.2, 0.25) is 0 Å². The summed E-state index contributed by atoms with van der Waals surface area (Å²) in [7, 11) is 0. The zero-order valence-corrected chi connectivity index (χ0v) is 18.3. The number of benzene rings is 4. The molecule has 4 aromatic carbocycles. The highest BCUT2D eigenvalue weighted by atomic mass is 79.9. The monoisotopic (exact) mass is 508 g/mol. The third kappa shape index (κ3) is 3.56. The largest absolute Gasteiger partial charge is 0.489 e. The van der Waals surface area contributed by atoms with Gasteiger partial charge in [0.15, 0.2) is 0 Å². The van der Waals surface area contributed by atoms with E-state index in [-0.39, 0.29) is 12.2 Å². The Morgan fingerprint density at radius 3 is 2.31 bits per heavy atom. The summed E-state index contributed by atoms with van der Waals surface area (Å²) in [6.45, 7) is 0.277. The van der Waals surface area contributed by atoms with E-state index in [1.54, 1.807) is 0 Å². The lowest BCUT2D eigenvalue weighted by Crippen LogP contribution is -2.04. The molecule has 0 saturated carbocycles. The van der Waals surface area contributed by atoms with Crippen LogP contribution < -0.4 is 10.4 Å². The normalized spacial score (nSPS) is 11.4. The van der Waals surface area contributed by atoms with Gasteiger partial charge in [-0.05, 0) is 64.0 Å². The molecule has 0 bridgehead atoms. The highest BCUT2D eigenvalue weighted by Crippen LogP contribution is 2.31. The highest BCUT2D eigenvalue weighted by molar-refractivity contribution is 9.10. The number of hydrogen-bond donors (Lipinski definition) is 0. The second-order valence-corrected chi connectivity index (χ2v) is 8.67. The molecule has 0 radical (unpaired) electrons. The Hall–Kier alpha value is -2.63. The molecule has 0 saturated heterocycles. The zero-order chi connectivity index (χ0) is 20.0. The molecule has 29 heavy (non-hydrogen) atoms. The van der Waals surface area contributed by atoms with Crippen LogP contribution in [0.1, 0.15) is 5.56 Å². The Bertz CT molecular complexity index is 1450. The van der Waals surface area contributed by atoms with Gasteiger partial charge in [0.2, 0.25) is 0 Å². The summed E-state index contributed by atoms with van der Waals surface area (Å²) >= 11 is 7.00. The van der Waals surface area contributed by atoms with Gasteiger partial charge in [0.25, 0.3) is 0 Å². The summed E-state index contributed by atoms with van der Waals surface area (Å²) in [5, 5.41) is 5.22. The first-order valence-corrected chi connectivity index (χ1v) is 10.6. The fourth-order valence-electron chi connectivity index (χ4n) is 3.61. The predicted molar refractivity (Wildman–Crippen MR) is 124 cm³/mol. The molecule has 0 fully saturated rings. The molecule has 0 aliphatic rings. The Balaban J connectivity index is 1.57. The van der Waals surface area contributed by atoms with Gasteiger partial charge in [-0.1, -0.05) is 56.1 Å². The third-order valence-corrected chi connectivity index (χ3v) is 5.92. The first kappa shape index (κ1) is 18.4. The van der Waals surface area contributed by atoms with Crippen molar-refractivity contribution in [2.75, 3.05) is 0 Å². The van der Waals surface area contributed by atoms with E-state index in [1.807, 2.05) is 60.7 Å². The zero-order valence-electron chi connectivity index (χ0n) is 15.1. The molecular formula is C24H14Br2O3. The van der Waals surface area contributed by atoms with E-state index in [0.717, 1.165) is 47.2 Å². The molecule has 0 amide bonds. The predicted octanol–water partition coefficient (Wildman–Crippen LogP) is 7.20. The van der Waals surface area contributed by atoms with Gasteiger partial charge in [-0.2, -0.15) is 0 Å². The van der Waals surface area contributed by atoms with E-state index in [4.69, 9.17) is 9.15 Å². The molecule has 3 nitrogen and oxygen atoms in total. The van der Waals surface area contributed by atoms with Crippen molar-refractivity contribution in [1.29, 1.82) is 0 Å². The number of ether oxygens (including phenoxy) is 1. The van der Waals surface area contributed by atoms with Crippen molar-refractivity contribution >= 4 is 64.4 Å². The summed E-state index contributed by atoms with van der Waals surface area (Å²) in [5.41, 5.74) is 0.991. The second-order valence-electron chi connectivity index (χ2n) is 6.84. The van der Waals surface area contributed by atoms with Crippen molar-refractivity contribution in [2.45, 2.75) is 6.61 Å². The Labute approximate surface area is 183 Å². The fourth-order valence-corrected chi connectivity index (χ4v) is 4.37. The fraction of sp³-hybridized carbons (Fsp3) is 0.0417.